The molecule has 0 spiro atoms. The summed E-state index contributed by atoms with van der Waals surface area (Å²) in [6, 6.07) is 0.0478. The van der Waals surface area contributed by atoms with Crippen LogP contribution >= 0.6 is 34.8 Å². The van der Waals surface area contributed by atoms with E-state index in [0.717, 1.165) is 12.8 Å². The van der Waals surface area contributed by atoms with Gasteiger partial charge in [0.1, 0.15) is 0 Å². The highest BCUT2D eigenvalue weighted by Gasteiger charge is 2.19. The zero-order chi connectivity index (χ0) is 8.27. The van der Waals surface area contributed by atoms with Crippen LogP contribution in [0.4, 0.5) is 0 Å². The molecule has 0 saturated carbocycles. The summed E-state index contributed by atoms with van der Waals surface area (Å²) in [5, 5.41) is 0.0347. The minimum Gasteiger partial charge on any atom is -0.258 e. The second kappa shape index (κ2) is 4.34. The lowest BCUT2D eigenvalue weighted by Crippen LogP contribution is -2.20. The Morgan fingerprint density at radius 3 is 2.45 bits per heavy atom. The molecule has 2 unspecified atom stereocenters. The maximum atomic E-state index is 5.95. The highest BCUT2D eigenvalue weighted by atomic mass is 35.5. The molecule has 0 N–H and O–H groups in total. The van der Waals surface area contributed by atoms with Crippen molar-refractivity contribution in [1.29, 1.82) is 0 Å². The second-order valence-electron chi connectivity index (χ2n) is 2.40. The van der Waals surface area contributed by atoms with Gasteiger partial charge in [0, 0.05) is 0 Å². The van der Waals surface area contributed by atoms with Crippen molar-refractivity contribution in [2.45, 2.75) is 24.3 Å². The van der Waals surface area contributed by atoms with Crippen LogP contribution in [-0.4, -0.2) is 16.0 Å². The quantitative estimate of drug-likeness (QED) is 0.360. The molecule has 1 nitrogen and oxygen atoms in total. The van der Waals surface area contributed by atoms with Gasteiger partial charge in [-0.15, -0.1) is 11.6 Å². The topological polar surface area (TPSA) is 12.4 Å². The third-order valence-electron chi connectivity index (χ3n) is 1.59. The first-order valence-electron chi connectivity index (χ1n) is 3.38. The molecule has 0 amide bonds. The van der Waals surface area contributed by atoms with Crippen LogP contribution in [-0.2, 0) is 0 Å². The van der Waals surface area contributed by atoms with Gasteiger partial charge in [-0.1, -0.05) is 12.2 Å². The zero-order valence-electron chi connectivity index (χ0n) is 5.80. The van der Waals surface area contributed by atoms with E-state index in [1.54, 1.807) is 0 Å². The van der Waals surface area contributed by atoms with Gasteiger partial charge in [-0.05, 0) is 36.0 Å². The van der Waals surface area contributed by atoms with Crippen LogP contribution in [0, 0.1) is 0 Å². The normalized spacial score (nSPS) is 30.1. The van der Waals surface area contributed by atoms with E-state index in [-0.39, 0.29) is 16.0 Å². The molecule has 4 heteroatoms. The Morgan fingerprint density at radius 2 is 1.91 bits per heavy atom. The highest BCUT2D eigenvalue weighted by Crippen LogP contribution is 2.21. The molecule has 2 atom stereocenters. The van der Waals surface area contributed by atoms with Crippen molar-refractivity contribution in [2.24, 2.45) is 4.99 Å². The van der Waals surface area contributed by atoms with Gasteiger partial charge in [-0.2, -0.15) is 0 Å². The standard InChI is InChI=1S/C7H8Cl3N/c8-5-3-1-2-4-6(5)11-7(9)10/h1-2,5-6H,3-4H2. The number of alkyl halides is 1. The van der Waals surface area contributed by atoms with Crippen molar-refractivity contribution in [1.82, 2.24) is 0 Å². The van der Waals surface area contributed by atoms with Gasteiger partial charge >= 0.3 is 0 Å². The number of halogens is 3. The molecule has 11 heavy (non-hydrogen) atoms. The predicted octanol–water partition coefficient (Wildman–Crippen LogP) is 3.15. The van der Waals surface area contributed by atoms with E-state index in [1.807, 2.05) is 12.2 Å². The molecule has 0 aromatic carbocycles. The van der Waals surface area contributed by atoms with Gasteiger partial charge in [0.25, 0.3) is 0 Å². The molecular formula is C7H8Cl3N. The third kappa shape index (κ3) is 3.02. The Hall–Kier alpha value is 0.280. The maximum absolute atomic E-state index is 5.95. The van der Waals surface area contributed by atoms with Gasteiger partial charge < -0.3 is 0 Å². The molecule has 0 heterocycles. The smallest absolute Gasteiger partial charge is 0.192 e. The van der Waals surface area contributed by atoms with Crippen molar-refractivity contribution in [3.63, 3.8) is 0 Å². The number of allylic oxidation sites excluding steroid dienone is 1. The lowest BCUT2D eigenvalue weighted by atomic mass is 10.0. The fourth-order valence-corrected chi connectivity index (χ4v) is 1.54. The van der Waals surface area contributed by atoms with Crippen LogP contribution in [0.1, 0.15) is 12.8 Å². The van der Waals surface area contributed by atoms with E-state index in [2.05, 4.69) is 4.99 Å². The largest absolute Gasteiger partial charge is 0.258 e. The van der Waals surface area contributed by atoms with Crippen LogP contribution in [0.5, 0.6) is 0 Å². The van der Waals surface area contributed by atoms with E-state index in [0.29, 0.717) is 0 Å². The Labute approximate surface area is 81.0 Å². The summed E-state index contributed by atoms with van der Waals surface area (Å²) < 4.78 is 0.0657. The van der Waals surface area contributed by atoms with E-state index < -0.39 is 0 Å². The molecule has 1 aliphatic carbocycles. The molecule has 0 aromatic rings. The fourth-order valence-electron chi connectivity index (χ4n) is 1.03. The van der Waals surface area contributed by atoms with Gasteiger partial charge in [-0.25, -0.2) is 0 Å². The van der Waals surface area contributed by atoms with Gasteiger partial charge in [-0.3, -0.25) is 4.99 Å². The summed E-state index contributed by atoms with van der Waals surface area (Å²) in [4.78, 5) is 3.98. The molecule has 0 aromatic heterocycles. The molecule has 1 aliphatic rings. The Morgan fingerprint density at radius 1 is 1.27 bits per heavy atom. The molecule has 0 aliphatic heterocycles. The lowest BCUT2D eigenvalue weighted by molar-refractivity contribution is 0.620. The van der Waals surface area contributed by atoms with E-state index >= 15 is 0 Å². The first-order valence-corrected chi connectivity index (χ1v) is 4.57. The molecule has 0 fully saturated rings. The van der Waals surface area contributed by atoms with E-state index in [4.69, 9.17) is 34.8 Å². The number of hydrogen-bond acceptors (Lipinski definition) is 1. The van der Waals surface area contributed by atoms with Crippen LogP contribution < -0.4 is 0 Å². The number of aliphatic imine (C=N–C) groups is 1. The van der Waals surface area contributed by atoms with Crippen molar-refractivity contribution in [3.05, 3.63) is 12.2 Å². The van der Waals surface area contributed by atoms with Crippen molar-refractivity contribution in [3.8, 4) is 0 Å². The second-order valence-corrected chi connectivity index (χ2v) is 3.87. The van der Waals surface area contributed by atoms with Crippen molar-refractivity contribution in [2.75, 3.05) is 0 Å². The SMILES string of the molecule is ClC(Cl)=NC1CC=CCC1Cl. The van der Waals surface area contributed by atoms with Gasteiger partial charge in [0.15, 0.2) is 4.63 Å². The Balaban J connectivity index is 2.57. The number of nitrogens with zero attached hydrogens (tertiary/aromatic N) is 1. The molecule has 1 rings (SSSR count). The molecular weight excluding hydrogens is 204 g/mol. The maximum Gasteiger partial charge on any atom is 0.192 e. The minimum atomic E-state index is 0.0347. The average Bonchev–Trinajstić information content (AvgIpc) is 1.93. The first-order chi connectivity index (χ1) is 5.20. The summed E-state index contributed by atoms with van der Waals surface area (Å²) in [7, 11) is 0. The molecule has 62 valence electrons. The number of hydrogen-bond donors (Lipinski definition) is 0. The molecule has 0 bridgehead atoms. The van der Waals surface area contributed by atoms with Crippen LogP contribution in [0.25, 0.3) is 0 Å². The summed E-state index contributed by atoms with van der Waals surface area (Å²) in [5.41, 5.74) is 0. The van der Waals surface area contributed by atoms with Crippen LogP contribution in [0.2, 0.25) is 0 Å². The third-order valence-corrected chi connectivity index (χ3v) is 2.25. The van der Waals surface area contributed by atoms with E-state index in [9.17, 15) is 0 Å². The molecule has 0 radical (unpaired) electrons. The minimum absolute atomic E-state index is 0.0347. The van der Waals surface area contributed by atoms with Crippen molar-refractivity contribution >= 4 is 39.4 Å². The average molecular weight is 213 g/mol. The number of rotatable bonds is 1. The fraction of sp³-hybridized carbons (Fsp3) is 0.571. The summed E-state index contributed by atoms with van der Waals surface area (Å²) >= 11 is 16.8. The van der Waals surface area contributed by atoms with Gasteiger partial charge in [0.2, 0.25) is 0 Å². The summed E-state index contributed by atoms with van der Waals surface area (Å²) in [5.74, 6) is 0. The summed E-state index contributed by atoms with van der Waals surface area (Å²) in [6.45, 7) is 0. The van der Waals surface area contributed by atoms with E-state index in [1.165, 1.54) is 0 Å². The first kappa shape index (κ1) is 9.37. The predicted molar refractivity (Wildman–Crippen MR) is 50.9 cm³/mol. The van der Waals surface area contributed by atoms with Crippen molar-refractivity contribution < 1.29 is 0 Å². The molecule has 0 saturated heterocycles. The Kier molecular flexibility index (Phi) is 3.70. The monoisotopic (exact) mass is 211 g/mol. The zero-order valence-corrected chi connectivity index (χ0v) is 8.07. The lowest BCUT2D eigenvalue weighted by Gasteiger charge is -2.18. The van der Waals surface area contributed by atoms with Crippen LogP contribution in [0.3, 0.4) is 0 Å². The van der Waals surface area contributed by atoms with Gasteiger partial charge in [0.05, 0.1) is 11.4 Å². The Bertz CT molecular complexity index is 184. The van der Waals surface area contributed by atoms with Crippen LogP contribution in [0.15, 0.2) is 17.1 Å². The summed E-state index contributed by atoms with van der Waals surface area (Å²) in [6.07, 6.45) is 5.77. The highest BCUT2D eigenvalue weighted by molar-refractivity contribution is 6.95.